The van der Waals surface area contributed by atoms with Crippen LogP contribution in [0.15, 0.2) is 47.6 Å². The lowest BCUT2D eigenvalue weighted by Crippen LogP contribution is -2.39. The molecule has 0 unspecified atom stereocenters. The fraction of sp³-hybridized carbons (Fsp3) is 0.429. The molecular weight excluding hydrogens is 354 g/mol. The Morgan fingerprint density at radius 1 is 1.14 bits per heavy atom. The molecule has 0 atom stereocenters. The maximum Gasteiger partial charge on any atom is 0.191 e. The molecule has 0 saturated carbocycles. The number of para-hydroxylation sites is 1. The molecule has 0 radical (unpaired) electrons. The number of pyridine rings is 1. The molecule has 7 heteroatoms. The van der Waals surface area contributed by atoms with Crippen LogP contribution in [0.5, 0.6) is 5.75 Å². The summed E-state index contributed by atoms with van der Waals surface area (Å²) in [5.41, 5.74) is 2.20. The van der Waals surface area contributed by atoms with E-state index in [1.807, 2.05) is 36.5 Å². The van der Waals surface area contributed by atoms with E-state index >= 15 is 0 Å². The number of methoxy groups -OCH3 is 1. The topological polar surface area (TPSA) is 71.0 Å². The van der Waals surface area contributed by atoms with Crippen LogP contribution in [0.1, 0.15) is 18.1 Å². The summed E-state index contributed by atoms with van der Waals surface area (Å²) >= 11 is 0. The Morgan fingerprint density at radius 2 is 1.93 bits per heavy atom. The van der Waals surface area contributed by atoms with E-state index < -0.39 is 0 Å². The maximum absolute atomic E-state index is 5.46. The van der Waals surface area contributed by atoms with Crippen LogP contribution < -0.4 is 20.3 Å². The van der Waals surface area contributed by atoms with Crippen LogP contribution in [0.25, 0.3) is 0 Å². The number of nitrogens with zero attached hydrogens (tertiary/aromatic N) is 3. The van der Waals surface area contributed by atoms with Gasteiger partial charge in [-0.1, -0.05) is 24.3 Å². The molecule has 2 aromatic rings. The van der Waals surface area contributed by atoms with Crippen LogP contribution in [0.3, 0.4) is 0 Å². The summed E-state index contributed by atoms with van der Waals surface area (Å²) in [5, 5.41) is 6.73. The summed E-state index contributed by atoms with van der Waals surface area (Å²) in [6, 6.07) is 12.0. The molecule has 2 N–H and O–H groups in total. The first-order valence-electron chi connectivity index (χ1n) is 9.72. The molecule has 1 aromatic heterocycles. The number of anilines is 1. The van der Waals surface area contributed by atoms with E-state index in [-0.39, 0.29) is 0 Å². The summed E-state index contributed by atoms with van der Waals surface area (Å²) in [7, 11) is 1.68. The van der Waals surface area contributed by atoms with Crippen molar-refractivity contribution in [1.29, 1.82) is 0 Å². The third-order valence-corrected chi connectivity index (χ3v) is 4.57. The second-order valence-electron chi connectivity index (χ2n) is 6.45. The van der Waals surface area contributed by atoms with E-state index in [0.717, 1.165) is 61.5 Å². The lowest BCUT2D eigenvalue weighted by Gasteiger charge is -2.29. The number of morpholine rings is 1. The molecule has 0 bridgehead atoms. The van der Waals surface area contributed by atoms with E-state index in [0.29, 0.717) is 13.1 Å². The molecule has 0 spiro atoms. The molecule has 1 fully saturated rings. The smallest absolute Gasteiger partial charge is 0.191 e. The van der Waals surface area contributed by atoms with Gasteiger partial charge in [0.1, 0.15) is 11.6 Å². The first-order chi connectivity index (χ1) is 13.8. The Hall–Kier alpha value is -2.80. The number of hydrogen-bond donors (Lipinski definition) is 2. The summed E-state index contributed by atoms with van der Waals surface area (Å²) in [5.74, 6) is 2.63. The Balaban J connectivity index is 1.68. The van der Waals surface area contributed by atoms with Gasteiger partial charge in [0.05, 0.1) is 26.9 Å². The maximum atomic E-state index is 5.46. The number of hydrogen-bond acceptors (Lipinski definition) is 5. The van der Waals surface area contributed by atoms with Crippen molar-refractivity contribution >= 4 is 11.8 Å². The number of rotatable bonds is 7. The van der Waals surface area contributed by atoms with Crippen molar-refractivity contribution in [1.82, 2.24) is 15.6 Å². The van der Waals surface area contributed by atoms with Crippen LogP contribution >= 0.6 is 0 Å². The van der Waals surface area contributed by atoms with Crippen LogP contribution in [0.2, 0.25) is 0 Å². The highest BCUT2D eigenvalue weighted by atomic mass is 16.5. The molecule has 0 aliphatic carbocycles. The third-order valence-electron chi connectivity index (χ3n) is 4.57. The van der Waals surface area contributed by atoms with E-state index in [4.69, 9.17) is 14.5 Å². The zero-order valence-electron chi connectivity index (χ0n) is 16.6. The van der Waals surface area contributed by atoms with Gasteiger partial charge in [-0.05, 0) is 19.1 Å². The van der Waals surface area contributed by atoms with Gasteiger partial charge in [0.2, 0.25) is 0 Å². The minimum absolute atomic E-state index is 0.544. The van der Waals surface area contributed by atoms with Gasteiger partial charge in [0, 0.05) is 43.5 Å². The Morgan fingerprint density at radius 3 is 2.71 bits per heavy atom. The Labute approximate surface area is 166 Å². The lowest BCUT2D eigenvalue weighted by atomic mass is 10.2. The zero-order valence-corrected chi connectivity index (χ0v) is 16.6. The summed E-state index contributed by atoms with van der Waals surface area (Å²) in [6.07, 6.45) is 1.84. The van der Waals surface area contributed by atoms with Crippen molar-refractivity contribution in [2.24, 2.45) is 4.99 Å². The van der Waals surface area contributed by atoms with E-state index in [1.165, 1.54) is 0 Å². The summed E-state index contributed by atoms with van der Waals surface area (Å²) in [4.78, 5) is 11.6. The van der Waals surface area contributed by atoms with Crippen LogP contribution in [0.4, 0.5) is 5.82 Å². The monoisotopic (exact) mass is 383 g/mol. The molecule has 1 aromatic carbocycles. The predicted octanol–water partition coefficient (Wildman–Crippen LogP) is 2.18. The molecule has 1 aliphatic rings. The fourth-order valence-corrected chi connectivity index (χ4v) is 3.15. The molecule has 7 nitrogen and oxygen atoms in total. The molecule has 3 rings (SSSR count). The molecule has 0 amide bonds. The largest absolute Gasteiger partial charge is 0.496 e. The van der Waals surface area contributed by atoms with Gasteiger partial charge in [-0.15, -0.1) is 0 Å². The standard InChI is InChI=1S/C21H29N5O2/c1-3-22-21(24-15-17-7-4-5-9-19(17)27-2)25-16-18-8-6-10-23-20(18)26-11-13-28-14-12-26/h4-10H,3,11-16H2,1-2H3,(H2,22,24,25). The molecule has 1 aliphatic heterocycles. The highest BCUT2D eigenvalue weighted by molar-refractivity contribution is 5.80. The number of guanidine groups is 1. The number of aromatic nitrogens is 1. The van der Waals surface area contributed by atoms with Gasteiger partial charge in [-0.2, -0.15) is 0 Å². The van der Waals surface area contributed by atoms with Gasteiger partial charge in [-0.3, -0.25) is 0 Å². The van der Waals surface area contributed by atoms with Crippen LogP contribution in [-0.4, -0.2) is 50.9 Å². The summed E-state index contributed by atoms with van der Waals surface area (Å²) < 4.78 is 10.9. The normalized spacial score (nSPS) is 14.6. The highest BCUT2D eigenvalue weighted by Crippen LogP contribution is 2.19. The van der Waals surface area contributed by atoms with Crippen molar-refractivity contribution in [3.8, 4) is 5.75 Å². The van der Waals surface area contributed by atoms with Crippen molar-refractivity contribution < 1.29 is 9.47 Å². The fourth-order valence-electron chi connectivity index (χ4n) is 3.15. The second kappa shape index (κ2) is 10.5. The van der Waals surface area contributed by atoms with E-state index in [9.17, 15) is 0 Å². The average Bonchev–Trinajstić information content (AvgIpc) is 2.76. The number of nitrogens with one attached hydrogen (secondary N) is 2. The number of aliphatic imine (C=N–C) groups is 1. The SMILES string of the molecule is CCNC(=NCc1ccccc1OC)NCc1cccnc1N1CCOCC1. The quantitative estimate of drug-likeness (QED) is 0.564. The minimum atomic E-state index is 0.544. The predicted molar refractivity (Wildman–Crippen MR) is 112 cm³/mol. The Bertz CT molecular complexity index is 775. The molecular formula is C21H29N5O2. The molecule has 28 heavy (non-hydrogen) atoms. The highest BCUT2D eigenvalue weighted by Gasteiger charge is 2.15. The third kappa shape index (κ3) is 5.36. The Kier molecular flexibility index (Phi) is 7.49. The van der Waals surface area contributed by atoms with E-state index in [1.54, 1.807) is 7.11 Å². The van der Waals surface area contributed by atoms with Crippen molar-refractivity contribution in [3.63, 3.8) is 0 Å². The molecule has 2 heterocycles. The molecule has 1 saturated heterocycles. The second-order valence-corrected chi connectivity index (χ2v) is 6.45. The van der Waals surface area contributed by atoms with Crippen LogP contribution in [0, 0.1) is 0 Å². The van der Waals surface area contributed by atoms with Gasteiger partial charge >= 0.3 is 0 Å². The molecule has 150 valence electrons. The zero-order chi connectivity index (χ0) is 19.6. The number of ether oxygens (including phenoxy) is 2. The van der Waals surface area contributed by atoms with E-state index in [2.05, 4.69) is 33.5 Å². The van der Waals surface area contributed by atoms with Gasteiger partial charge in [0.25, 0.3) is 0 Å². The first-order valence-corrected chi connectivity index (χ1v) is 9.72. The minimum Gasteiger partial charge on any atom is -0.496 e. The van der Waals surface area contributed by atoms with Crippen molar-refractivity contribution in [3.05, 3.63) is 53.7 Å². The van der Waals surface area contributed by atoms with Crippen molar-refractivity contribution in [2.45, 2.75) is 20.0 Å². The van der Waals surface area contributed by atoms with Gasteiger partial charge in [0.15, 0.2) is 5.96 Å². The lowest BCUT2D eigenvalue weighted by molar-refractivity contribution is 0.122. The van der Waals surface area contributed by atoms with Crippen LogP contribution in [-0.2, 0) is 17.8 Å². The van der Waals surface area contributed by atoms with Gasteiger partial charge < -0.3 is 25.0 Å². The number of benzene rings is 1. The summed E-state index contributed by atoms with van der Waals surface area (Å²) in [6.45, 7) is 7.27. The van der Waals surface area contributed by atoms with Crippen molar-refractivity contribution in [2.75, 3.05) is 44.9 Å². The first kappa shape index (κ1) is 19.9. The average molecular weight is 383 g/mol. The van der Waals surface area contributed by atoms with Gasteiger partial charge in [-0.25, -0.2) is 9.98 Å².